The van der Waals surface area contributed by atoms with Crippen molar-refractivity contribution in [2.24, 2.45) is 0 Å². The van der Waals surface area contributed by atoms with Gasteiger partial charge in [-0.3, -0.25) is 0 Å². The number of benzene rings is 1. The Morgan fingerprint density at radius 3 is 2.44 bits per heavy atom. The van der Waals surface area contributed by atoms with Crippen LogP contribution in [-0.4, -0.2) is 4.98 Å². The maximum atomic E-state index is 8.88. The van der Waals surface area contributed by atoms with Crippen molar-refractivity contribution in [2.45, 2.75) is 0 Å². The maximum absolute atomic E-state index is 8.88. The van der Waals surface area contributed by atoms with Crippen molar-refractivity contribution in [1.29, 1.82) is 5.26 Å². The Balaban J connectivity index is 2.31. The summed E-state index contributed by atoms with van der Waals surface area (Å²) < 4.78 is 1.44. The number of nitrogens with two attached hydrogens (primary N) is 1. The van der Waals surface area contributed by atoms with Crippen LogP contribution in [0.5, 0.6) is 0 Å². The number of aromatic nitrogens is 1. The molecule has 0 radical (unpaired) electrons. The van der Waals surface area contributed by atoms with Gasteiger partial charge in [-0.2, -0.15) is 5.26 Å². The number of rotatable bonds is 2. The molecule has 0 atom stereocenters. The Bertz CT molecular complexity index is 594. The second-order valence-corrected chi connectivity index (χ2v) is 5.17. The van der Waals surface area contributed by atoms with Crippen molar-refractivity contribution >= 4 is 49.1 Å². The molecule has 1 aromatic carbocycles. The average molecular weight is 368 g/mol. The van der Waals surface area contributed by atoms with Crippen LogP contribution in [0, 0.1) is 11.3 Å². The van der Waals surface area contributed by atoms with Crippen LogP contribution in [0.25, 0.3) is 0 Å². The number of nitriles is 1. The van der Waals surface area contributed by atoms with Gasteiger partial charge in [-0.1, -0.05) is 15.9 Å². The summed E-state index contributed by atoms with van der Waals surface area (Å²) in [6, 6.07) is 11.3. The minimum absolute atomic E-state index is 0.344. The molecule has 0 aliphatic heterocycles. The number of pyridine rings is 1. The fourth-order valence-electron chi connectivity index (χ4n) is 1.39. The highest BCUT2D eigenvalue weighted by Crippen LogP contribution is 2.25. The molecule has 1 aromatic heterocycles. The predicted octanol–water partition coefficient (Wildman–Crippen LogP) is 3.80. The lowest BCUT2D eigenvalue weighted by Gasteiger charge is -2.08. The Labute approximate surface area is 121 Å². The highest BCUT2D eigenvalue weighted by atomic mass is 79.9. The lowest BCUT2D eigenvalue weighted by atomic mass is 10.2. The topological polar surface area (TPSA) is 74.7 Å². The normalized spacial score (nSPS) is 9.83. The molecule has 0 bridgehead atoms. The molecule has 0 saturated heterocycles. The molecule has 4 nitrogen and oxygen atoms in total. The molecule has 0 amide bonds. The molecule has 0 saturated carbocycles. The van der Waals surface area contributed by atoms with Crippen LogP contribution >= 0.6 is 31.9 Å². The first-order valence-corrected chi connectivity index (χ1v) is 6.57. The van der Waals surface area contributed by atoms with Crippen molar-refractivity contribution in [1.82, 2.24) is 4.98 Å². The van der Waals surface area contributed by atoms with Gasteiger partial charge < -0.3 is 11.1 Å². The zero-order valence-electron chi connectivity index (χ0n) is 9.11. The summed E-state index contributed by atoms with van der Waals surface area (Å²) in [6.07, 6.45) is 0. The fourth-order valence-corrected chi connectivity index (χ4v) is 2.16. The quantitative estimate of drug-likeness (QED) is 0.791. The van der Waals surface area contributed by atoms with E-state index >= 15 is 0 Å². The summed E-state index contributed by atoms with van der Waals surface area (Å²) in [5.74, 6) is 0.584. The summed E-state index contributed by atoms with van der Waals surface area (Å²) in [5.41, 5.74) is 7.39. The molecule has 2 aromatic rings. The first-order chi connectivity index (χ1) is 8.60. The van der Waals surface area contributed by atoms with E-state index in [1.807, 2.05) is 30.3 Å². The van der Waals surface area contributed by atoms with E-state index in [2.05, 4.69) is 42.2 Å². The van der Waals surface area contributed by atoms with Gasteiger partial charge in [0, 0.05) is 16.2 Å². The number of nitrogens with zero attached hydrogens (tertiary/aromatic N) is 2. The number of hydrogen-bond donors (Lipinski definition) is 2. The third kappa shape index (κ3) is 2.81. The molecule has 18 heavy (non-hydrogen) atoms. The third-order valence-electron chi connectivity index (χ3n) is 2.23. The van der Waals surface area contributed by atoms with Crippen molar-refractivity contribution < 1.29 is 0 Å². The molecule has 90 valence electrons. The van der Waals surface area contributed by atoms with E-state index < -0.39 is 0 Å². The zero-order valence-corrected chi connectivity index (χ0v) is 12.3. The van der Waals surface area contributed by atoms with E-state index in [1.165, 1.54) is 0 Å². The Morgan fingerprint density at radius 1 is 1.22 bits per heavy atom. The van der Waals surface area contributed by atoms with Crippen LogP contribution in [0.2, 0.25) is 0 Å². The minimum Gasteiger partial charge on any atom is -0.397 e. The number of hydrogen-bond acceptors (Lipinski definition) is 4. The van der Waals surface area contributed by atoms with E-state index in [4.69, 9.17) is 11.0 Å². The molecule has 3 N–H and O–H groups in total. The van der Waals surface area contributed by atoms with Crippen molar-refractivity contribution in [3.05, 3.63) is 45.0 Å². The van der Waals surface area contributed by atoms with Gasteiger partial charge in [0.05, 0.1) is 5.69 Å². The maximum Gasteiger partial charge on any atom is 0.133 e. The number of nitrogens with one attached hydrogen (secondary N) is 1. The van der Waals surface area contributed by atoms with Gasteiger partial charge in [-0.05, 0) is 40.2 Å². The highest BCUT2D eigenvalue weighted by molar-refractivity contribution is 9.10. The van der Waals surface area contributed by atoms with Crippen molar-refractivity contribution in [3.8, 4) is 6.07 Å². The van der Waals surface area contributed by atoms with E-state index in [0.717, 1.165) is 10.2 Å². The molecule has 6 heteroatoms. The molecule has 0 spiro atoms. The van der Waals surface area contributed by atoms with Crippen molar-refractivity contribution in [2.75, 3.05) is 11.1 Å². The van der Waals surface area contributed by atoms with Crippen molar-refractivity contribution in [3.63, 3.8) is 0 Å². The average Bonchev–Trinajstić information content (AvgIpc) is 2.32. The number of anilines is 3. The van der Waals surface area contributed by atoms with Gasteiger partial charge >= 0.3 is 0 Å². The largest absolute Gasteiger partial charge is 0.397 e. The first-order valence-electron chi connectivity index (χ1n) is 4.99. The summed E-state index contributed by atoms with van der Waals surface area (Å²) in [5, 5.41) is 12.0. The summed E-state index contributed by atoms with van der Waals surface area (Å²) in [7, 11) is 0. The lowest BCUT2D eigenvalue weighted by Crippen LogP contribution is -1.99. The second kappa shape index (κ2) is 5.38. The Kier molecular flexibility index (Phi) is 3.84. The summed E-state index contributed by atoms with van der Waals surface area (Å²) in [6.45, 7) is 0. The molecular weight excluding hydrogens is 360 g/mol. The molecule has 0 fully saturated rings. The predicted molar refractivity (Wildman–Crippen MR) is 78.5 cm³/mol. The van der Waals surface area contributed by atoms with Gasteiger partial charge in [0.2, 0.25) is 0 Å². The van der Waals surface area contributed by atoms with Crippen LogP contribution in [0.15, 0.2) is 39.4 Å². The van der Waals surface area contributed by atoms with E-state index in [1.54, 1.807) is 6.07 Å². The molecule has 1 heterocycles. The standard InChI is InChI=1S/C12H8Br2N4/c13-7-1-3-8(4-2-7)17-11-5-10(16)9(6-15)12(14)18-11/h1-5H,(H3,16,17,18). The highest BCUT2D eigenvalue weighted by Gasteiger charge is 2.08. The smallest absolute Gasteiger partial charge is 0.133 e. The van der Waals surface area contributed by atoms with Crippen LogP contribution in [0.1, 0.15) is 5.56 Å². The van der Waals surface area contributed by atoms with Gasteiger partial charge in [0.25, 0.3) is 0 Å². The van der Waals surface area contributed by atoms with Gasteiger partial charge in [-0.25, -0.2) is 4.98 Å². The van der Waals surface area contributed by atoms with E-state index in [0.29, 0.717) is 21.7 Å². The van der Waals surface area contributed by atoms with E-state index in [9.17, 15) is 0 Å². The van der Waals surface area contributed by atoms with Crippen LogP contribution < -0.4 is 11.1 Å². The molecule has 0 aliphatic rings. The summed E-state index contributed by atoms with van der Waals surface area (Å²) >= 11 is 6.59. The van der Waals surface area contributed by atoms with Gasteiger partial charge in [-0.15, -0.1) is 0 Å². The molecule has 0 unspecified atom stereocenters. The van der Waals surface area contributed by atoms with Crippen LogP contribution in [0.4, 0.5) is 17.2 Å². The fraction of sp³-hybridized carbons (Fsp3) is 0. The van der Waals surface area contributed by atoms with Gasteiger partial charge in [0.15, 0.2) is 0 Å². The SMILES string of the molecule is N#Cc1c(N)cc(Nc2ccc(Br)cc2)nc1Br. The molecular formula is C12H8Br2N4. The zero-order chi connectivity index (χ0) is 13.1. The first kappa shape index (κ1) is 12.9. The van der Waals surface area contributed by atoms with E-state index in [-0.39, 0.29) is 0 Å². The van der Waals surface area contributed by atoms with Crippen LogP contribution in [0.3, 0.4) is 0 Å². The summed E-state index contributed by atoms with van der Waals surface area (Å²) in [4.78, 5) is 4.21. The molecule has 0 aliphatic carbocycles. The molecule has 2 rings (SSSR count). The van der Waals surface area contributed by atoms with Gasteiger partial charge in [0.1, 0.15) is 22.1 Å². The Hall–Kier alpha value is -1.58. The third-order valence-corrected chi connectivity index (χ3v) is 3.34. The second-order valence-electron chi connectivity index (χ2n) is 3.51. The Morgan fingerprint density at radius 2 is 1.89 bits per heavy atom. The lowest BCUT2D eigenvalue weighted by molar-refractivity contribution is 1.24. The van der Waals surface area contributed by atoms with Crippen LogP contribution in [-0.2, 0) is 0 Å². The number of nitrogen functional groups attached to an aromatic ring is 1. The monoisotopic (exact) mass is 366 g/mol. The minimum atomic E-state index is 0.344. The number of halogens is 2.